The summed E-state index contributed by atoms with van der Waals surface area (Å²) in [4.78, 5) is 0. The second-order valence-electron chi connectivity index (χ2n) is 6.28. The average Bonchev–Trinajstić information content (AvgIpc) is 2.57. The van der Waals surface area contributed by atoms with E-state index in [1.54, 1.807) is 12.2 Å². The Hall–Kier alpha value is -1.22. The minimum absolute atomic E-state index is 0.223. The van der Waals surface area contributed by atoms with Crippen LogP contribution in [0.1, 0.15) is 85.0 Å². The van der Waals surface area contributed by atoms with Crippen LogP contribution in [0.25, 0.3) is 0 Å². The Bertz CT molecular complexity index is 419. The van der Waals surface area contributed by atoms with Crippen LogP contribution in [0.2, 0.25) is 0 Å². The van der Waals surface area contributed by atoms with Gasteiger partial charge in [0.2, 0.25) is 0 Å². The molecule has 24 heavy (non-hydrogen) atoms. The molecule has 0 aliphatic carbocycles. The van der Waals surface area contributed by atoms with Crippen molar-refractivity contribution in [2.75, 3.05) is 6.54 Å². The van der Waals surface area contributed by atoms with Crippen molar-refractivity contribution in [3.63, 3.8) is 0 Å². The molecule has 2 heteroatoms. The largest absolute Gasteiger partial charge is 0.377 e. The summed E-state index contributed by atoms with van der Waals surface area (Å²) >= 11 is 0. The quantitative estimate of drug-likeness (QED) is 0.288. The topological polar surface area (TPSA) is 32.3 Å². The van der Waals surface area contributed by atoms with Crippen molar-refractivity contribution in [1.82, 2.24) is 5.32 Å². The molecule has 0 fully saturated rings. The van der Waals surface area contributed by atoms with Gasteiger partial charge in [0.1, 0.15) is 6.10 Å². The Morgan fingerprint density at radius 2 is 1.50 bits per heavy atom. The fourth-order valence-corrected chi connectivity index (χ4v) is 2.45. The maximum Gasteiger partial charge on any atom is 0.134 e. The van der Waals surface area contributed by atoms with Crippen molar-refractivity contribution in [1.29, 1.82) is 0 Å². The summed E-state index contributed by atoms with van der Waals surface area (Å²) in [6, 6.07) is 0.223. The molecule has 0 aromatic rings. The zero-order valence-electron chi connectivity index (χ0n) is 16.0. The molecule has 0 aliphatic rings. The fourth-order valence-electron chi connectivity index (χ4n) is 2.45. The van der Waals surface area contributed by atoms with E-state index >= 15 is 0 Å². The van der Waals surface area contributed by atoms with Crippen LogP contribution in [0, 0.1) is 23.7 Å². The van der Waals surface area contributed by atoms with Crippen LogP contribution in [0.3, 0.4) is 0 Å². The molecule has 0 bridgehead atoms. The van der Waals surface area contributed by atoms with Gasteiger partial charge in [0, 0.05) is 0 Å². The SMILES string of the molecule is C/C=C/[C@H](O)C#CC#C[C@@H](CCCCCCCCC)NCCCC. The third-order valence-electron chi connectivity index (χ3n) is 3.92. The number of allylic oxidation sites excluding steroid dienone is 1. The monoisotopic (exact) mass is 331 g/mol. The van der Waals surface area contributed by atoms with Gasteiger partial charge in [-0.05, 0) is 44.2 Å². The van der Waals surface area contributed by atoms with Gasteiger partial charge in [-0.2, -0.15) is 0 Å². The van der Waals surface area contributed by atoms with E-state index in [1.165, 1.54) is 57.8 Å². The van der Waals surface area contributed by atoms with Crippen LogP contribution in [0.4, 0.5) is 0 Å². The van der Waals surface area contributed by atoms with E-state index in [2.05, 4.69) is 42.8 Å². The lowest BCUT2D eigenvalue weighted by atomic mass is 10.0. The molecule has 0 saturated heterocycles. The number of hydrogen-bond acceptors (Lipinski definition) is 2. The Labute approximate surface area is 150 Å². The highest BCUT2D eigenvalue weighted by atomic mass is 16.3. The number of nitrogens with one attached hydrogen (secondary N) is 1. The number of unbranched alkanes of at least 4 members (excludes halogenated alkanes) is 7. The molecule has 2 N–H and O–H groups in total. The number of rotatable bonds is 13. The summed E-state index contributed by atoms with van der Waals surface area (Å²) in [6.45, 7) is 7.34. The van der Waals surface area contributed by atoms with Gasteiger partial charge in [0.15, 0.2) is 0 Å². The van der Waals surface area contributed by atoms with Gasteiger partial charge in [-0.3, -0.25) is 0 Å². The van der Waals surface area contributed by atoms with Crippen molar-refractivity contribution in [3.8, 4) is 23.7 Å². The van der Waals surface area contributed by atoms with E-state index < -0.39 is 6.10 Å². The Kier molecular flexibility index (Phi) is 17.2. The van der Waals surface area contributed by atoms with Crippen LogP contribution in [-0.4, -0.2) is 23.8 Å². The summed E-state index contributed by atoms with van der Waals surface area (Å²) < 4.78 is 0. The average molecular weight is 332 g/mol. The zero-order chi connectivity index (χ0) is 17.9. The van der Waals surface area contributed by atoms with Gasteiger partial charge in [0.05, 0.1) is 6.04 Å². The van der Waals surface area contributed by atoms with Crippen LogP contribution in [0.5, 0.6) is 0 Å². The van der Waals surface area contributed by atoms with Crippen LogP contribution >= 0.6 is 0 Å². The molecule has 0 amide bonds. The third-order valence-corrected chi connectivity index (χ3v) is 3.92. The number of aliphatic hydroxyl groups excluding tert-OH is 1. The minimum atomic E-state index is -0.709. The Balaban J connectivity index is 4.18. The maximum absolute atomic E-state index is 9.51. The van der Waals surface area contributed by atoms with E-state index in [9.17, 15) is 5.11 Å². The van der Waals surface area contributed by atoms with Crippen molar-refractivity contribution in [2.45, 2.75) is 97.1 Å². The van der Waals surface area contributed by atoms with E-state index in [-0.39, 0.29) is 6.04 Å². The first-order chi connectivity index (χ1) is 11.7. The standard InChI is InChI=1S/C22H37NO/c1-4-7-9-10-11-12-13-17-21(23-20-8-5-2)18-14-15-19-22(24)16-6-3/h6,16,21-24H,4-5,7-13,17,20H2,1-3H3/b16-6+/t21-,22+/m1/s1. The smallest absolute Gasteiger partial charge is 0.134 e. The van der Waals surface area contributed by atoms with Gasteiger partial charge < -0.3 is 10.4 Å². The van der Waals surface area contributed by atoms with Gasteiger partial charge in [0.25, 0.3) is 0 Å². The molecule has 2 nitrogen and oxygen atoms in total. The second-order valence-corrected chi connectivity index (χ2v) is 6.28. The molecular formula is C22H37NO. The fraction of sp³-hybridized carbons (Fsp3) is 0.727. The molecule has 0 radical (unpaired) electrons. The highest BCUT2D eigenvalue weighted by molar-refractivity contribution is 5.30. The lowest BCUT2D eigenvalue weighted by Crippen LogP contribution is -2.28. The molecule has 0 spiro atoms. The minimum Gasteiger partial charge on any atom is -0.377 e. The van der Waals surface area contributed by atoms with Crippen molar-refractivity contribution in [2.24, 2.45) is 0 Å². The van der Waals surface area contributed by atoms with E-state index in [4.69, 9.17) is 0 Å². The molecular weight excluding hydrogens is 294 g/mol. The van der Waals surface area contributed by atoms with Crippen LogP contribution in [0.15, 0.2) is 12.2 Å². The predicted molar refractivity (Wildman–Crippen MR) is 106 cm³/mol. The normalized spacial score (nSPS) is 13.0. The lowest BCUT2D eigenvalue weighted by Gasteiger charge is -2.12. The molecule has 136 valence electrons. The number of hydrogen-bond donors (Lipinski definition) is 2. The van der Waals surface area contributed by atoms with E-state index in [1.807, 2.05) is 6.92 Å². The van der Waals surface area contributed by atoms with Gasteiger partial charge >= 0.3 is 0 Å². The zero-order valence-corrected chi connectivity index (χ0v) is 16.0. The molecule has 0 aliphatic heterocycles. The van der Waals surface area contributed by atoms with Gasteiger partial charge in [-0.1, -0.05) is 83.1 Å². The maximum atomic E-state index is 9.51. The first-order valence-electron chi connectivity index (χ1n) is 9.79. The van der Waals surface area contributed by atoms with Gasteiger partial charge in [-0.25, -0.2) is 0 Å². The van der Waals surface area contributed by atoms with E-state index in [0.717, 1.165) is 13.0 Å². The molecule has 0 unspecified atom stereocenters. The van der Waals surface area contributed by atoms with Crippen molar-refractivity contribution < 1.29 is 5.11 Å². The first-order valence-corrected chi connectivity index (χ1v) is 9.79. The molecule has 0 rings (SSSR count). The van der Waals surface area contributed by atoms with E-state index in [0.29, 0.717) is 0 Å². The third kappa shape index (κ3) is 15.7. The number of aliphatic hydroxyl groups is 1. The highest BCUT2D eigenvalue weighted by Crippen LogP contribution is 2.09. The van der Waals surface area contributed by atoms with Crippen LogP contribution < -0.4 is 5.32 Å². The summed E-state index contributed by atoms with van der Waals surface area (Å²) in [5, 5.41) is 13.0. The molecule has 0 aromatic heterocycles. The Morgan fingerprint density at radius 1 is 0.875 bits per heavy atom. The summed E-state index contributed by atoms with van der Waals surface area (Å²) in [6.07, 6.45) is 15.5. The summed E-state index contributed by atoms with van der Waals surface area (Å²) in [7, 11) is 0. The Morgan fingerprint density at radius 3 is 2.17 bits per heavy atom. The molecule has 0 saturated carbocycles. The molecule has 2 atom stereocenters. The highest BCUT2D eigenvalue weighted by Gasteiger charge is 2.03. The van der Waals surface area contributed by atoms with Crippen molar-refractivity contribution >= 4 is 0 Å². The second kappa shape index (κ2) is 18.1. The van der Waals surface area contributed by atoms with Crippen LogP contribution in [-0.2, 0) is 0 Å². The summed E-state index contributed by atoms with van der Waals surface area (Å²) in [5.41, 5.74) is 0. The lowest BCUT2D eigenvalue weighted by molar-refractivity contribution is 0.280. The predicted octanol–water partition coefficient (Wildman–Crippen LogP) is 4.83. The van der Waals surface area contributed by atoms with Crippen molar-refractivity contribution in [3.05, 3.63) is 12.2 Å². The molecule has 0 aromatic carbocycles. The summed E-state index contributed by atoms with van der Waals surface area (Å²) in [5.74, 6) is 11.6. The molecule has 0 heterocycles. The van der Waals surface area contributed by atoms with Gasteiger partial charge in [-0.15, -0.1) is 0 Å². The first kappa shape index (κ1) is 22.8.